The molecule has 0 atom stereocenters. The van der Waals surface area contributed by atoms with Crippen LogP contribution in [-0.4, -0.2) is 16.0 Å². The van der Waals surface area contributed by atoms with Gasteiger partial charge in [0.05, 0.1) is 16.6 Å². The van der Waals surface area contributed by atoms with Crippen LogP contribution < -0.4 is 5.73 Å². The number of nitrogens with two attached hydrogens (primary N) is 1. The predicted octanol–water partition coefficient (Wildman–Crippen LogP) is 0.939. The maximum Gasteiger partial charge on any atom is 0.258 e. The normalized spacial score (nSPS) is 10.7. The molecule has 0 fully saturated rings. The van der Waals surface area contributed by atoms with E-state index in [1.54, 1.807) is 19.9 Å². The van der Waals surface area contributed by atoms with Crippen molar-refractivity contribution in [3.05, 3.63) is 23.0 Å². The third kappa shape index (κ3) is 1.14. The van der Waals surface area contributed by atoms with Gasteiger partial charge in [-0.1, -0.05) is 5.16 Å². The summed E-state index contributed by atoms with van der Waals surface area (Å²) in [6.07, 6.45) is 0. The second-order valence-electron chi connectivity index (χ2n) is 3.12. The van der Waals surface area contributed by atoms with Crippen molar-refractivity contribution in [2.45, 2.75) is 13.8 Å². The summed E-state index contributed by atoms with van der Waals surface area (Å²) in [5.74, 6) is -0.494. The predicted molar refractivity (Wildman–Crippen MR) is 49.8 cm³/mol. The molecule has 0 saturated heterocycles. The molecule has 0 radical (unpaired) electrons. The van der Waals surface area contributed by atoms with Crippen LogP contribution in [0.2, 0.25) is 0 Å². The Morgan fingerprint density at radius 2 is 2.21 bits per heavy atom. The number of hydrogen-bond acceptors (Lipinski definition) is 4. The molecule has 2 aromatic heterocycles. The van der Waals surface area contributed by atoms with Crippen molar-refractivity contribution in [2.75, 3.05) is 0 Å². The first-order valence-electron chi connectivity index (χ1n) is 4.13. The highest BCUT2D eigenvalue weighted by molar-refractivity contribution is 6.05. The fourth-order valence-electron chi connectivity index (χ4n) is 1.41. The van der Waals surface area contributed by atoms with Gasteiger partial charge in [-0.2, -0.15) is 0 Å². The van der Waals surface area contributed by atoms with E-state index in [9.17, 15) is 4.79 Å². The van der Waals surface area contributed by atoms with Gasteiger partial charge in [0, 0.05) is 5.69 Å². The number of amides is 1. The molecule has 2 rings (SSSR count). The summed E-state index contributed by atoms with van der Waals surface area (Å²) in [5.41, 5.74) is 7.32. The van der Waals surface area contributed by atoms with Crippen molar-refractivity contribution < 1.29 is 9.32 Å². The lowest BCUT2D eigenvalue weighted by atomic mass is 10.1. The minimum Gasteiger partial charge on any atom is -0.366 e. The van der Waals surface area contributed by atoms with Crippen molar-refractivity contribution in [1.82, 2.24) is 10.1 Å². The first-order valence-corrected chi connectivity index (χ1v) is 4.13. The molecule has 0 spiro atoms. The molecule has 0 aliphatic heterocycles. The molecule has 0 aliphatic carbocycles. The summed E-state index contributed by atoms with van der Waals surface area (Å²) >= 11 is 0. The van der Waals surface area contributed by atoms with Gasteiger partial charge in [0.25, 0.3) is 5.71 Å². The third-order valence-corrected chi connectivity index (χ3v) is 2.01. The van der Waals surface area contributed by atoms with Crippen LogP contribution in [0.1, 0.15) is 21.7 Å². The molecule has 2 aromatic rings. The second kappa shape index (κ2) is 2.80. The molecule has 72 valence electrons. The number of hydrogen-bond donors (Lipinski definition) is 1. The lowest BCUT2D eigenvalue weighted by molar-refractivity contribution is 0.100. The van der Waals surface area contributed by atoms with Crippen LogP contribution >= 0.6 is 0 Å². The maximum atomic E-state index is 11.1. The summed E-state index contributed by atoms with van der Waals surface area (Å²) in [6.45, 7) is 3.51. The van der Waals surface area contributed by atoms with Crippen LogP contribution in [-0.2, 0) is 0 Å². The van der Waals surface area contributed by atoms with Crippen LogP contribution in [0.3, 0.4) is 0 Å². The number of fused-ring (bicyclic) bond motifs is 1. The molecule has 14 heavy (non-hydrogen) atoms. The molecular weight excluding hydrogens is 182 g/mol. The molecule has 0 aliphatic rings. The van der Waals surface area contributed by atoms with Crippen LogP contribution in [0, 0.1) is 13.8 Å². The maximum absolute atomic E-state index is 11.1. The molecule has 0 aromatic carbocycles. The largest absolute Gasteiger partial charge is 0.366 e. The van der Waals surface area contributed by atoms with E-state index in [-0.39, 0.29) is 0 Å². The van der Waals surface area contributed by atoms with Gasteiger partial charge in [0.2, 0.25) is 5.91 Å². The number of carbonyl (C=O) groups is 1. The van der Waals surface area contributed by atoms with Crippen molar-refractivity contribution in [3.63, 3.8) is 0 Å². The standard InChI is InChI=1S/C9H9N3O2/c1-4-3-6(8(10)13)7-5(2)12-14-9(7)11-4/h3H,1-2H3,(H2,10,13). The first-order chi connectivity index (χ1) is 6.59. The lowest BCUT2D eigenvalue weighted by Gasteiger charge is -1.98. The zero-order chi connectivity index (χ0) is 10.3. The molecule has 2 N–H and O–H groups in total. The Hall–Kier alpha value is -1.91. The summed E-state index contributed by atoms with van der Waals surface area (Å²) in [7, 11) is 0. The van der Waals surface area contributed by atoms with E-state index in [4.69, 9.17) is 10.3 Å². The Bertz CT molecular complexity index is 516. The van der Waals surface area contributed by atoms with Gasteiger partial charge >= 0.3 is 0 Å². The van der Waals surface area contributed by atoms with Gasteiger partial charge in [-0.25, -0.2) is 4.98 Å². The fourth-order valence-corrected chi connectivity index (χ4v) is 1.41. The zero-order valence-electron chi connectivity index (χ0n) is 7.87. The Morgan fingerprint density at radius 3 is 2.86 bits per heavy atom. The molecule has 5 nitrogen and oxygen atoms in total. The van der Waals surface area contributed by atoms with Crippen molar-refractivity contribution in [3.8, 4) is 0 Å². The molecule has 5 heteroatoms. The van der Waals surface area contributed by atoms with Crippen molar-refractivity contribution >= 4 is 17.0 Å². The minimum atomic E-state index is -0.494. The summed E-state index contributed by atoms with van der Waals surface area (Å²) in [6, 6.07) is 1.63. The van der Waals surface area contributed by atoms with Gasteiger partial charge in [0.1, 0.15) is 0 Å². The Kier molecular flexibility index (Phi) is 1.73. The van der Waals surface area contributed by atoms with Crippen LogP contribution in [0.4, 0.5) is 0 Å². The lowest BCUT2D eigenvalue weighted by Crippen LogP contribution is -2.12. The van der Waals surface area contributed by atoms with Crippen molar-refractivity contribution in [1.29, 1.82) is 0 Å². The number of aromatic nitrogens is 2. The molecule has 0 bridgehead atoms. The number of primary amides is 1. The summed E-state index contributed by atoms with van der Waals surface area (Å²) in [4.78, 5) is 15.2. The molecule has 1 amide bonds. The Balaban J connectivity index is 2.90. The van der Waals surface area contributed by atoms with Gasteiger partial charge in [-0.15, -0.1) is 0 Å². The second-order valence-corrected chi connectivity index (χ2v) is 3.12. The molecular formula is C9H9N3O2. The van der Waals surface area contributed by atoms with E-state index in [2.05, 4.69) is 10.1 Å². The molecule has 2 heterocycles. The van der Waals surface area contributed by atoms with E-state index < -0.39 is 5.91 Å². The zero-order valence-corrected chi connectivity index (χ0v) is 7.87. The van der Waals surface area contributed by atoms with E-state index in [1.807, 2.05) is 0 Å². The van der Waals surface area contributed by atoms with E-state index in [1.165, 1.54) is 0 Å². The Morgan fingerprint density at radius 1 is 1.50 bits per heavy atom. The number of pyridine rings is 1. The van der Waals surface area contributed by atoms with E-state index in [0.29, 0.717) is 28.1 Å². The monoisotopic (exact) mass is 191 g/mol. The molecule has 0 unspecified atom stereocenters. The number of carbonyl (C=O) groups excluding carboxylic acids is 1. The van der Waals surface area contributed by atoms with Gasteiger partial charge in [-0.3, -0.25) is 4.79 Å². The van der Waals surface area contributed by atoms with Crippen molar-refractivity contribution in [2.24, 2.45) is 5.73 Å². The summed E-state index contributed by atoms with van der Waals surface area (Å²) in [5, 5.41) is 4.33. The van der Waals surface area contributed by atoms with Gasteiger partial charge in [-0.05, 0) is 19.9 Å². The van der Waals surface area contributed by atoms with Crippen LogP contribution in [0.15, 0.2) is 10.6 Å². The number of aryl methyl sites for hydroxylation is 2. The quantitative estimate of drug-likeness (QED) is 0.727. The number of rotatable bonds is 1. The first kappa shape index (κ1) is 8.68. The average Bonchev–Trinajstić information content (AvgIpc) is 2.46. The van der Waals surface area contributed by atoms with Crippen LogP contribution in [0.25, 0.3) is 11.1 Å². The van der Waals surface area contributed by atoms with E-state index >= 15 is 0 Å². The average molecular weight is 191 g/mol. The highest BCUT2D eigenvalue weighted by atomic mass is 16.5. The third-order valence-electron chi connectivity index (χ3n) is 2.01. The number of nitrogens with zero attached hydrogens (tertiary/aromatic N) is 2. The van der Waals surface area contributed by atoms with Crippen LogP contribution in [0.5, 0.6) is 0 Å². The SMILES string of the molecule is Cc1cc(C(N)=O)c2c(C)noc2n1. The minimum absolute atomic E-state index is 0.358. The summed E-state index contributed by atoms with van der Waals surface area (Å²) < 4.78 is 4.95. The van der Waals surface area contributed by atoms with E-state index in [0.717, 1.165) is 0 Å². The fraction of sp³-hybridized carbons (Fsp3) is 0.222. The highest BCUT2D eigenvalue weighted by Gasteiger charge is 2.15. The highest BCUT2D eigenvalue weighted by Crippen LogP contribution is 2.21. The topological polar surface area (TPSA) is 82.0 Å². The molecule has 0 saturated carbocycles. The van der Waals surface area contributed by atoms with Gasteiger partial charge < -0.3 is 10.3 Å². The van der Waals surface area contributed by atoms with Gasteiger partial charge in [0.15, 0.2) is 0 Å². The Labute approximate surface area is 79.9 Å². The smallest absolute Gasteiger partial charge is 0.258 e.